The average Bonchev–Trinajstić information content (AvgIpc) is 3.19. The zero-order valence-corrected chi connectivity index (χ0v) is 35.1. The third-order valence-electron chi connectivity index (χ3n) is 10.3. The minimum atomic E-state index is -2.74. The third kappa shape index (κ3) is 12.1. The number of rotatable bonds is 16. The van der Waals surface area contributed by atoms with Crippen molar-refractivity contribution in [3.05, 3.63) is 105 Å². The number of carbonyl (C=O) groups excluding carboxylic acids is 2. The largest absolute Gasteiger partial charge is 0.612 e. The third-order valence-corrected chi connectivity index (χ3v) is 12.0. The lowest BCUT2D eigenvalue weighted by atomic mass is 9.88. The zero-order chi connectivity index (χ0) is 43.6. The Labute approximate surface area is 354 Å². The molecule has 0 bridgehead atoms. The highest BCUT2D eigenvalue weighted by Crippen LogP contribution is 2.36. The van der Waals surface area contributed by atoms with Crippen molar-refractivity contribution in [2.75, 3.05) is 46.6 Å². The van der Waals surface area contributed by atoms with Crippen LogP contribution in [0.15, 0.2) is 77.7 Å². The van der Waals surface area contributed by atoms with Crippen LogP contribution in [0.4, 0.5) is 0 Å². The van der Waals surface area contributed by atoms with Crippen molar-refractivity contribution in [2.45, 2.75) is 54.4 Å². The number of piperidine rings is 1. The molecule has 6 N–H and O–H groups in total. The van der Waals surface area contributed by atoms with Gasteiger partial charge in [0.2, 0.25) is 0 Å². The van der Waals surface area contributed by atoms with E-state index < -0.39 is 53.4 Å². The summed E-state index contributed by atoms with van der Waals surface area (Å²) in [6.45, 7) is 3.11. The van der Waals surface area contributed by atoms with Crippen LogP contribution in [0, 0.1) is 0 Å². The van der Waals surface area contributed by atoms with Crippen LogP contribution in [0.1, 0.15) is 75.8 Å². The molecule has 1 aliphatic rings. The minimum Gasteiger partial charge on any atom is -0.612 e. The number of fused-ring (bicyclic) bond motifs is 1. The molecule has 14 nitrogen and oxygen atoms in total. The molecule has 2 amide bonds. The van der Waals surface area contributed by atoms with Gasteiger partial charge in [-0.3, -0.25) is 19.2 Å². The number of ether oxygens (including phenoxy) is 1. The summed E-state index contributed by atoms with van der Waals surface area (Å²) in [6, 6.07) is 22.8. The molecule has 1 saturated heterocycles. The van der Waals surface area contributed by atoms with E-state index in [2.05, 4.69) is 11.0 Å². The van der Waals surface area contributed by atoms with E-state index in [1.165, 1.54) is 12.7 Å². The summed E-state index contributed by atoms with van der Waals surface area (Å²) in [6.07, 6.45) is 2.23. The molecular weight excluding hydrogens is 825 g/mol. The van der Waals surface area contributed by atoms with Gasteiger partial charge in [-0.1, -0.05) is 71.7 Å². The van der Waals surface area contributed by atoms with Gasteiger partial charge in [0.1, 0.15) is 12.0 Å². The van der Waals surface area contributed by atoms with Gasteiger partial charge in [-0.25, -0.2) is 4.79 Å². The van der Waals surface area contributed by atoms with E-state index in [9.17, 15) is 28.5 Å². The highest BCUT2D eigenvalue weighted by molar-refractivity contribution is 7.90. The fraction of sp³-hybridized carbons (Fsp3) is 0.357. The number of likely N-dealkylation sites (N-methyl/N-ethyl adjacent to an activating group) is 1. The van der Waals surface area contributed by atoms with E-state index in [1.54, 1.807) is 30.3 Å². The summed E-state index contributed by atoms with van der Waals surface area (Å²) in [7, 11) is 3.20. The number of likely N-dealkylation sites (tertiary alicyclic amines) is 1. The Hall–Kier alpha value is -4.90. The molecule has 0 aliphatic carbocycles. The van der Waals surface area contributed by atoms with Crippen LogP contribution < -0.4 is 10.5 Å². The molecule has 1 fully saturated rings. The van der Waals surface area contributed by atoms with Gasteiger partial charge in [0.15, 0.2) is 10.5 Å². The fourth-order valence-electron chi connectivity index (χ4n) is 7.27. The van der Waals surface area contributed by atoms with Crippen LogP contribution in [-0.4, -0.2) is 117 Å². The van der Waals surface area contributed by atoms with Crippen LogP contribution in [0.5, 0.6) is 5.75 Å². The minimum absolute atomic E-state index is 0.0405. The molecule has 59 heavy (non-hydrogen) atoms. The molecule has 4 aromatic rings. The first kappa shape index (κ1) is 46.8. The quantitative estimate of drug-likeness (QED) is 0.0833. The van der Waals surface area contributed by atoms with Crippen molar-refractivity contribution in [1.29, 1.82) is 0 Å². The summed E-state index contributed by atoms with van der Waals surface area (Å²) in [5, 5.41) is 36.2. The highest BCUT2D eigenvalue weighted by atomic mass is 35.5. The predicted molar refractivity (Wildman–Crippen MR) is 224 cm³/mol. The van der Waals surface area contributed by atoms with Crippen molar-refractivity contribution < 1.29 is 53.7 Å². The van der Waals surface area contributed by atoms with E-state index in [1.807, 2.05) is 54.6 Å². The molecule has 4 aromatic carbocycles. The SMILES string of the molecule is COc1c(C(N)=O)cc2ccccc2c1C(=O)N(C)C[C@@H](CCN1CCC(c2ccccc2[S@+](C)[O-])CC1)c1ccc(Cl)c(Cl)c1.O=C(O)CC(O)(CC(=O)O)C(=O)O. The smallest absolute Gasteiger partial charge is 0.336 e. The number of carbonyl (C=O) groups is 5. The van der Waals surface area contributed by atoms with Crippen molar-refractivity contribution >= 4 is 74.9 Å². The van der Waals surface area contributed by atoms with Crippen molar-refractivity contribution in [1.82, 2.24) is 9.80 Å². The maximum Gasteiger partial charge on any atom is 0.336 e. The number of benzene rings is 4. The second-order valence-corrected chi connectivity index (χ2v) is 16.5. The normalized spacial score (nSPS) is 14.4. The van der Waals surface area contributed by atoms with E-state index in [-0.39, 0.29) is 23.1 Å². The van der Waals surface area contributed by atoms with E-state index >= 15 is 0 Å². The molecule has 0 saturated carbocycles. The first-order valence-electron chi connectivity index (χ1n) is 18.5. The number of carboxylic acids is 3. The van der Waals surface area contributed by atoms with Gasteiger partial charge >= 0.3 is 17.9 Å². The predicted octanol–water partition coefficient (Wildman–Crippen LogP) is 5.87. The molecule has 17 heteroatoms. The van der Waals surface area contributed by atoms with Gasteiger partial charge in [-0.15, -0.1) is 0 Å². The van der Waals surface area contributed by atoms with E-state index in [0.717, 1.165) is 54.7 Å². The lowest BCUT2D eigenvalue weighted by Crippen LogP contribution is -2.42. The van der Waals surface area contributed by atoms with E-state index in [4.69, 9.17) is 54.1 Å². The maximum atomic E-state index is 14.2. The van der Waals surface area contributed by atoms with Crippen molar-refractivity contribution in [2.24, 2.45) is 5.73 Å². The Balaban J connectivity index is 0.000000509. The summed E-state index contributed by atoms with van der Waals surface area (Å²) in [4.78, 5) is 62.1. The number of nitrogens with two attached hydrogens (primary N) is 1. The maximum absolute atomic E-state index is 14.2. The lowest BCUT2D eigenvalue weighted by Gasteiger charge is -2.34. The first-order chi connectivity index (χ1) is 27.9. The number of halogens is 2. The van der Waals surface area contributed by atoms with Crippen LogP contribution in [0.2, 0.25) is 10.0 Å². The van der Waals surface area contributed by atoms with Crippen LogP contribution >= 0.6 is 23.2 Å². The van der Waals surface area contributed by atoms with Crippen LogP contribution in [0.3, 0.4) is 0 Å². The molecule has 0 aromatic heterocycles. The number of primary amides is 1. The second-order valence-electron chi connectivity index (χ2n) is 14.3. The molecule has 5 rings (SSSR count). The average molecular weight is 873 g/mol. The molecule has 1 aliphatic heterocycles. The topological polar surface area (TPSA) is 231 Å². The van der Waals surface area contributed by atoms with Gasteiger partial charge in [0, 0.05) is 25.1 Å². The number of methoxy groups -OCH3 is 1. The Bertz CT molecular complexity index is 2160. The van der Waals surface area contributed by atoms with Gasteiger partial charge in [-0.05, 0) is 96.6 Å². The number of hydrogen-bond donors (Lipinski definition) is 5. The zero-order valence-electron chi connectivity index (χ0n) is 32.7. The standard InChI is InChI=1S/C36H39Cl2N3O4S.C6H8O7/c1-40(36(43)33-28-10-5-4-8-25(28)20-29(35(39)42)34(33)45-2)22-26(24-12-13-30(37)31(38)21-24)16-19-41-17-14-23(15-18-41)27-9-6-7-11-32(27)46(3)44;7-3(8)1-6(13,5(11)12)2-4(9)10/h4-13,20-21,23,26H,14-19,22H2,1-3H3,(H2,39,42);13H,1-2H2,(H,7,8)(H,9,10)(H,11,12)/t26-,46+;/m1./s1. The lowest BCUT2D eigenvalue weighted by molar-refractivity contribution is -0.170. The number of carboxylic acid groups (broad SMARTS) is 3. The molecule has 2 atom stereocenters. The first-order valence-corrected chi connectivity index (χ1v) is 20.8. The summed E-state index contributed by atoms with van der Waals surface area (Å²) >= 11 is 11.7. The molecular formula is C42H47Cl2N3O11S. The van der Waals surface area contributed by atoms with Crippen LogP contribution in [0.25, 0.3) is 10.8 Å². The van der Waals surface area contributed by atoms with Crippen molar-refractivity contribution in [3.8, 4) is 5.75 Å². The molecule has 0 radical (unpaired) electrons. The number of amides is 2. The Morgan fingerprint density at radius 3 is 2.12 bits per heavy atom. The summed E-state index contributed by atoms with van der Waals surface area (Å²) in [5.41, 5.74) is 5.61. The summed E-state index contributed by atoms with van der Waals surface area (Å²) < 4.78 is 18.0. The van der Waals surface area contributed by atoms with Gasteiger partial charge in [0.05, 0.1) is 41.1 Å². The Kier molecular flexibility index (Phi) is 16.6. The monoisotopic (exact) mass is 871 g/mol. The fourth-order valence-corrected chi connectivity index (χ4v) is 8.41. The Morgan fingerprint density at radius 2 is 1.56 bits per heavy atom. The number of aliphatic hydroxyl groups is 1. The molecule has 0 unspecified atom stereocenters. The van der Waals surface area contributed by atoms with Gasteiger partial charge < -0.3 is 45.2 Å². The number of hydrogen-bond acceptors (Lipinski definition) is 9. The summed E-state index contributed by atoms with van der Waals surface area (Å²) in [5.74, 6) is -5.44. The molecule has 0 spiro atoms. The Morgan fingerprint density at radius 1 is 0.949 bits per heavy atom. The number of aliphatic carboxylic acids is 3. The van der Waals surface area contributed by atoms with Gasteiger partial charge in [0.25, 0.3) is 11.8 Å². The van der Waals surface area contributed by atoms with Gasteiger partial charge in [-0.2, -0.15) is 0 Å². The number of nitrogens with zero attached hydrogens (tertiary/aromatic N) is 2. The second kappa shape index (κ2) is 20.9. The van der Waals surface area contributed by atoms with Crippen LogP contribution in [-0.2, 0) is 25.6 Å². The molecule has 1 heterocycles. The van der Waals surface area contributed by atoms with Crippen molar-refractivity contribution in [3.63, 3.8) is 0 Å². The van der Waals surface area contributed by atoms with E-state index in [0.29, 0.717) is 33.5 Å². The molecule has 316 valence electrons. The highest BCUT2D eigenvalue weighted by Gasteiger charge is 2.41.